The molecule has 1 N–H and O–H groups in total. The molecule has 0 saturated heterocycles. The molecule has 0 atom stereocenters. The number of hydrogen-bond donors (Lipinski definition) is 1. The molecule has 0 radical (unpaired) electrons. The summed E-state index contributed by atoms with van der Waals surface area (Å²) in [7, 11) is 0. The molecule has 3 aromatic heterocycles. The van der Waals surface area contributed by atoms with E-state index in [0.29, 0.717) is 34.7 Å². The molecule has 0 fully saturated rings. The quantitative estimate of drug-likeness (QED) is 0.534. The van der Waals surface area contributed by atoms with Crippen LogP contribution in [0.3, 0.4) is 0 Å². The van der Waals surface area contributed by atoms with Crippen molar-refractivity contribution >= 4 is 39.8 Å². The van der Waals surface area contributed by atoms with Gasteiger partial charge in [-0.25, -0.2) is 9.97 Å². The Balaban J connectivity index is 1.35. The van der Waals surface area contributed by atoms with E-state index in [0.717, 1.165) is 5.01 Å². The number of aromatic nitrogens is 5. The van der Waals surface area contributed by atoms with E-state index in [9.17, 15) is 4.79 Å². The van der Waals surface area contributed by atoms with E-state index in [4.69, 9.17) is 16.3 Å². The summed E-state index contributed by atoms with van der Waals surface area (Å²) in [6, 6.07) is 9.03. The highest BCUT2D eigenvalue weighted by Gasteiger charge is 2.14. The molecule has 1 aromatic carbocycles. The van der Waals surface area contributed by atoms with Crippen molar-refractivity contribution in [2.75, 3.05) is 11.9 Å². The van der Waals surface area contributed by atoms with Gasteiger partial charge in [-0.3, -0.25) is 14.5 Å². The van der Waals surface area contributed by atoms with Crippen LogP contribution in [0.4, 0.5) is 5.13 Å². The van der Waals surface area contributed by atoms with E-state index >= 15 is 0 Å². The van der Waals surface area contributed by atoms with Crippen LogP contribution >= 0.6 is 22.9 Å². The molecular formula is C17H13ClN6O2S. The Bertz CT molecular complexity index is 1060. The van der Waals surface area contributed by atoms with Gasteiger partial charge in [-0.2, -0.15) is 0 Å². The number of imidazole rings is 1. The number of carbonyl (C=O) groups excluding carboxylic acids is 1. The van der Waals surface area contributed by atoms with Crippen LogP contribution in [0, 0.1) is 0 Å². The minimum Gasteiger partial charge on any atom is -0.492 e. The van der Waals surface area contributed by atoms with E-state index in [1.165, 1.54) is 11.3 Å². The highest BCUT2D eigenvalue weighted by Crippen LogP contribution is 2.23. The summed E-state index contributed by atoms with van der Waals surface area (Å²) in [5, 5.41) is 12.4. The number of amides is 1. The number of nitrogens with zero attached hydrogens (tertiary/aromatic N) is 5. The predicted octanol–water partition coefficient (Wildman–Crippen LogP) is 3.11. The fourth-order valence-corrected chi connectivity index (χ4v) is 3.22. The predicted molar refractivity (Wildman–Crippen MR) is 102 cm³/mol. The average Bonchev–Trinajstić information content (AvgIpc) is 3.30. The van der Waals surface area contributed by atoms with Crippen LogP contribution in [-0.2, 0) is 6.42 Å². The number of anilines is 1. The zero-order chi connectivity index (χ0) is 18.6. The maximum atomic E-state index is 12.3. The number of hydrogen-bond acceptors (Lipinski definition) is 7. The van der Waals surface area contributed by atoms with Gasteiger partial charge >= 0.3 is 0 Å². The summed E-state index contributed by atoms with van der Waals surface area (Å²) in [6.45, 7) is 0.407. The molecule has 136 valence electrons. The third-order valence-corrected chi connectivity index (χ3v) is 4.78. The number of halogens is 1. The summed E-state index contributed by atoms with van der Waals surface area (Å²) in [5.74, 6) is 0.713. The smallest absolute Gasteiger partial charge is 0.277 e. The molecule has 0 aliphatic heterocycles. The molecule has 0 unspecified atom stereocenters. The molecule has 8 nitrogen and oxygen atoms in total. The van der Waals surface area contributed by atoms with E-state index in [1.807, 2.05) is 12.1 Å². The lowest BCUT2D eigenvalue weighted by atomic mass is 10.3. The van der Waals surface area contributed by atoms with Crippen LogP contribution in [0.25, 0.3) is 5.78 Å². The van der Waals surface area contributed by atoms with E-state index < -0.39 is 0 Å². The molecule has 10 heteroatoms. The minimum absolute atomic E-state index is 0.257. The van der Waals surface area contributed by atoms with Gasteiger partial charge < -0.3 is 4.74 Å². The largest absolute Gasteiger partial charge is 0.492 e. The van der Waals surface area contributed by atoms with Crippen molar-refractivity contribution in [3.8, 4) is 5.75 Å². The number of ether oxygens (including phenoxy) is 1. The number of para-hydroxylation sites is 1. The third kappa shape index (κ3) is 4.04. The van der Waals surface area contributed by atoms with Crippen LogP contribution in [0.5, 0.6) is 5.75 Å². The lowest BCUT2D eigenvalue weighted by molar-refractivity contribution is 0.102. The fourth-order valence-electron chi connectivity index (χ4n) is 2.32. The van der Waals surface area contributed by atoms with Gasteiger partial charge in [0.1, 0.15) is 16.5 Å². The van der Waals surface area contributed by atoms with Gasteiger partial charge in [0.25, 0.3) is 5.91 Å². The molecule has 0 aliphatic carbocycles. The lowest BCUT2D eigenvalue weighted by Crippen LogP contribution is -2.12. The minimum atomic E-state index is -0.365. The first kappa shape index (κ1) is 17.4. The molecule has 0 spiro atoms. The zero-order valence-electron chi connectivity index (χ0n) is 13.9. The number of fused-ring (bicyclic) bond motifs is 1. The van der Waals surface area contributed by atoms with Crippen molar-refractivity contribution in [2.45, 2.75) is 6.42 Å². The van der Waals surface area contributed by atoms with Crippen molar-refractivity contribution in [3.63, 3.8) is 0 Å². The number of carbonyl (C=O) groups is 1. The summed E-state index contributed by atoms with van der Waals surface area (Å²) in [5.41, 5.74) is 0.257. The van der Waals surface area contributed by atoms with Crippen molar-refractivity contribution < 1.29 is 9.53 Å². The fraction of sp³-hybridized carbons (Fsp3) is 0.118. The standard InChI is InChI=1S/C17H13ClN6O2S/c18-11-4-1-2-5-13(11)26-9-6-14-22-23-17(27-14)21-15(25)12-10-24-8-3-7-19-16(24)20-12/h1-5,7-8,10H,6,9H2,(H,21,23,25). The summed E-state index contributed by atoms with van der Waals surface area (Å²) < 4.78 is 7.31. The average molecular weight is 401 g/mol. The second kappa shape index (κ2) is 7.68. The van der Waals surface area contributed by atoms with E-state index in [-0.39, 0.29) is 11.6 Å². The first-order valence-electron chi connectivity index (χ1n) is 8.00. The monoisotopic (exact) mass is 400 g/mol. The van der Waals surface area contributed by atoms with Crippen LogP contribution in [0.2, 0.25) is 5.02 Å². The topological polar surface area (TPSA) is 94.3 Å². The summed E-state index contributed by atoms with van der Waals surface area (Å²) in [4.78, 5) is 20.6. The van der Waals surface area contributed by atoms with Crippen molar-refractivity contribution in [3.05, 3.63) is 64.6 Å². The van der Waals surface area contributed by atoms with Crippen molar-refractivity contribution in [1.29, 1.82) is 0 Å². The Morgan fingerprint density at radius 3 is 3.00 bits per heavy atom. The Labute approximate surface area is 162 Å². The molecule has 4 aromatic rings. The normalized spacial score (nSPS) is 10.9. The van der Waals surface area contributed by atoms with Crippen LogP contribution in [-0.4, -0.2) is 37.1 Å². The van der Waals surface area contributed by atoms with E-state index in [2.05, 4.69) is 25.5 Å². The molecule has 1 amide bonds. The lowest BCUT2D eigenvalue weighted by Gasteiger charge is -2.05. The van der Waals surface area contributed by atoms with Crippen molar-refractivity contribution in [2.24, 2.45) is 0 Å². The molecule has 0 bridgehead atoms. The molecule has 3 heterocycles. The highest BCUT2D eigenvalue weighted by atomic mass is 35.5. The van der Waals surface area contributed by atoms with Crippen LogP contribution < -0.4 is 10.1 Å². The number of rotatable bonds is 6. The third-order valence-electron chi connectivity index (χ3n) is 3.57. The van der Waals surface area contributed by atoms with Gasteiger partial charge in [0.05, 0.1) is 11.6 Å². The Morgan fingerprint density at radius 1 is 1.26 bits per heavy atom. The Kier molecular flexibility index (Phi) is 4.95. The van der Waals surface area contributed by atoms with Gasteiger partial charge in [0.15, 0.2) is 0 Å². The second-order valence-corrected chi connectivity index (χ2v) is 6.91. The van der Waals surface area contributed by atoms with E-state index in [1.54, 1.807) is 41.2 Å². The number of benzene rings is 1. The zero-order valence-corrected chi connectivity index (χ0v) is 15.4. The SMILES string of the molecule is O=C(Nc1nnc(CCOc2ccccc2Cl)s1)c1cn2cccnc2n1. The molecule has 0 aliphatic rings. The maximum absolute atomic E-state index is 12.3. The number of nitrogens with one attached hydrogen (secondary N) is 1. The summed E-state index contributed by atoms with van der Waals surface area (Å²) >= 11 is 7.33. The maximum Gasteiger partial charge on any atom is 0.277 e. The molecule has 0 saturated carbocycles. The molecule has 27 heavy (non-hydrogen) atoms. The first-order chi connectivity index (χ1) is 13.2. The molecule has 4 rings (SSSR count). The van der Waals surface area contributed by atoms with Gasteiger partial charge in [-0.05, 0) is 18.2 Å². The molecular weight excluding hydrogens is 388 g/mol. The Morgan fingerprint density at radius 2 is 2.15 bits per heavy atom. The highest BCUT2D eigenvalue weighted by molar-refractivity contribution is 7.15. The Hall–Kier alpha value is -3.04. The van der Waals surface area contributed by atoms with Gasteiger partial charge in [-0.15, -0.1) is 10.2 Å². The van der Waals surface area contributed by atoms with Gasteiger partial charge in [-0.1, -0.05) is 35.1 Å². The van der Waals surface area contributed by atoms with Crippen molar-refractivity contribution in [1.82, 2.24) is 24.6 Å². The van der Waals surface area contributed by atoms with Gasteiger partial charge in [0, 0.05) is 25.0 Å². The summed E-state index contributed by atoms with van der Waals surface area (Å²) in [6.07, 6.45) is 5.55. The first-order valence-corrected chi connectivity index (χ1v) is 9.19. The second-order valence-electron chi connectivity index (χ2n) is 5.44. The van der Waals surface area contributed by atoms with Gasteiger partial charge in [0.2, 0.25) is 10.9 Å². The van der Waals surface area contributed by atoms with Crippen LogP contribution in [0.1, 0.15) is 15.5 Å². The van der Waals surface area contributed by atoms with Crippen LogP contribution in [0.15, 0.2) is 48.9 Å².